The van der Waals surface area contributed by atoms with Gasteiger partial charge in [0.25, 0.3) is 0 Å². The minimum absolute atomic E-state index is 0.718. The van der Waals surface area contributed by atoms with Crippen LogP contribution in [0, 0.1) is 6.92 Å². The summed E-state index contributed by atoms with van der Waals surface area (Å²) in [4.78, 5) is 4.58. The number of aromatic nitrogens is 3. The second-order valence-corrected chi connectivity index (χ2v) is 3.90. The lowest BCUT2D eigenvalue weighted by Gasteiger charge is -2.18. The lowest BCUT2D eigenvalue weighted by molar-refractivity contribution is 0.627. The van der Waals surface area contributed by atoms with Gasteiger partial charge in [0.15, 0.2) is 5.65 Å². The molecule has 0 fully saturated rings. The molecule has 3 heterocycles. The predicted molar refractivity (Wildman–Crippen MR) is 57.5 cm³/mol. The molecule has 0 unspecified atom stereocenters. The molecule has 0 bridgehead atoms. The van der Waals surface area contributed by atoms with Crippen molar-refractivity contribution in [2.75, 3.05) is 12.3 Å². The summed E-state index contributed by atoms with van der Waals surface area (Å²) in [7, 11) is 0. The highest BCUT2D eigenvalue weighted by Crippen LogP contribution is 2.20. The molecule has 0 spiro atoms. The number of aryl methyl sites for hydroxylation is 1. The van der Waals surface area contributed by atoms with E-state index in [1.807, 2.05) is 13.0 Å². The molecule has 0 saturated heterocycles. The molecule has 0 radical (unpaired) electrons. The predicted octanol–water partition coefficient (Wildman–Crippen LogP) is 0.266. The topological polar surface area (TPSA) is 68.2 Å². The maximum Gasteiger partial charge on any atom is 0.157 e. The molecule has 2 aromatic rings. The summed E-state index contributed by atoms with van der Waals surface area (Å²) in [5, 5.41) is 7.61. The van der Waals surface area contributed by atoms with E-state index in [1.54, 1.807) is 4.52 Å². The van der Waals surface area contributed by atoms with E-state index in [1.165, 1.54) is 0 Å². The van der Waals surface area contributed by atoms with Crippen molar-refractivity contribution in [3.63, 3.8) is 0 Å². The Hall–Kier alpha value is -1.62. The van der Waals surface area contributed by atoms with E-state index < -0.39 is 0 Å². The van der Waals surface area contributed by atoms with Gasteiger partial charge in [0, 0.05) is 31.1 Å². The Morgan fingerprint density at radius 3 is 3.27 bits per heavy atom. The Bertz CT molecular complexity index is 528. The SMILES string of the molecule is Cc1cc2nc3c(c(N)n2n1)CNCC3. The minimum atomic E-state index is 0.718. The van der Waals surface area contributed by atoms with Crippen LogP contribution in [0.4, 0.5) is 5.82 Å². The van der Waals surface area contributed by atoms with Crippen LogP contribution in [0.2, 0.25) is 0 Å². The van der Waals surface area contributed by atoms with Gasteiger partial charge in [0.05, 0.1) is 11.4 Å². The largest absolute Gasteiger partial charge is 0.383 e. The molecular weight excluding hydrogens is 190 g/mol. The van der Waals surface area contributed by atoms with Crippen LogP contribution in [-0.2, 0) is 13.0 Å². The van der Waals surface area contributed by atoms with E-state index in [0.717, 1.165) is 47.9 Å². The standard InChI is InChI=1S/C10H13N5/c1-6-4-9-13-8-2-3-12-5-7(8)10(11)15(9)14-6/h4,12H,2-3,5,11H2,1H3. The van der Waals surface area contributed by atoms with E-state index in [4.69, 9.17) is 5.73 Å². The summed E-state index contributed by atoms with van der Waals surface area (Å²) in [5.41, 5.74) is 10.1. The fourth-order valence-electron chi connectivity index (χ4n) is 2.04. The summed E-state index contributed by atoms with van der Waals surface area (Å²) in [6.45, 7) is 3.72. The molecule has 0 atom stereocenters. The number of nitrogens with one attached hydrogen (secondary N) is 1. The zero-order valence-corrected chi connectivity index (χ0v) is 8.62. The third-order valence-electron chi connectivity index (χ3n) is 2.79. The number of nitrogens with two attached hydrogens (primary N) is 1. The van der Waals surface area contributed by atoms with E-state index in [2.05, 4.69) is 15.4 Å². The number of anilines is 1. The van der Waals surface area contributed by atoms with Crippen molar-refractivity contribution in [3.05, 3.63) is 23.0 Å². The number of fused-ring (bicyclic) bond motifs is 2. The van der Waals surface area contributed by atoms with E-state index >= 15 is 0 Å². The van der Waals surface area contributed by atoms with Crippen LogP contribution in [0.5, 0.6) is 0 Å². The average molecular weight is 203 g/mol. The minimum Gasteiger partial charge on any atom is -0.383 e. The highest BCUT2D eigenvalue weighted by Gasteiger charge is 2.16. The van der Waals surface area contributed by atoms with Crippen LogP contribution in [0.3, 0.4) is 0 Å². The van der Waals surface area contributed by atoms with Crippen molar-refractivity contribution < 1.29 is 0 Å². The molecule has 0 aromatic carbocycles. The van der Waals surface area contributed by atoms with Gasteiger partial charge in [-0.05, 0) is 6.92 Å². The molecule has 0 amide bonds. The number of hydrogen-bond donors (Lipinski definition) is 2. The molecule has 2 aromatic heterocycles. The average Bonchev–Trinajstić information content (AvgIpc) is 2.59. The van der Waals surface area contributed by atoms with Gasteiger partial charge in [-0.15, -0.1) is 0 Å². The van der Waals surface area contributed by atoms with Crippen molar-refractivity contribution in [2.24, 2.45) is 0 Å². The molecule has 1 aliphatic heterocycles. The lowest BCUT2D eigenvalue weighted by atomic mass is 10.1. The Labute approximate surface area is 87.3 Å². The maximum absolute atomic E-state index is 6.07. The first-order chi connectivity index (χ1) is 7.25. The molecule has 3 rings (SSSR count). The summed E-state index contributed by atoms with van der Waals surface area (Å²) in [6.07, 6.45) is 0.945. The molecular formula is C10H13N5. The van der Waals surface area contributed by atoms with E-state index in [0.29, 0.717) is 0 Å². The summed E-state index contributed by atoms with van der Waals surface area (Å²) in [5.74, 6) is 0.718. The molecule has 1 aliphatic rings. The second kappa shape index (κ2) is 2.93. The Kier molecular flexibility index (Phi) is 1.70. The fraction of sp³-hybridized carbons (Fsp3) is 0.400. The highest BCUT2D eigenvalue weighted by molar-refractivity contribution is 5.54. The fourth-order valence-corrected chi connectivity index (χ4v) is 2.04. The van der Waals surface area contributed by atoms with Gasteiger partial charge in [0.1, 0.15) is 5.82 Å². The van der Waals surface area contributed by atoms with Crippen molar-refractivity contribution in [3.8, 4) is 0 Å². The van der Waals surface area contributed by atoms with Gasteiger partial charge in [-0.3, -0.25) is 0 Å². The van der Waals surface area contributed by atoms with Crippen molar-refractivity contribution in [1.82, 2.24) is 19.9 Å². The van der Waals surface area contributed by atoms with Crippen molar-refractivity contribution >= 4 is 11.5 Å². The molecule has 0 aliphatic carbocycles. The third kappa shape index (κ3) is 1.20. The molecule has 5 nitrogen and oxygen atoms in total. The first-order valence-corrected chi connectivity index (χ1v) is 5.10. The number of rotatable bonds is 0. The summed E-state index contributed by atoms with van der Waals surface area (Å²) >= 11 is 0. The zero-order valence-electron chi connectivity index (χ0n) is 8.62. The molecule has 15 heavy (non-hydrogen) atoms. The quantitative estimate of drug-likeness (QED) is 0.644. The second-order valence-electron chi connectivity index (χ2n) is 3.90. The van der Waals surface area contributed by atoms with Gasteiger partial charge < -0.3 is 11.1 Å². The Morgan fingerprint density at radius 1 is 1.53 bits per heavy atom. The molecule has 5 heteroatoms. The van der Waals surface area contributed by atoms with Crippen LogP contribution >= 0.6 is 0 Å². The maximum atomic E-state index is 6.07. The first kappa shape index (κ1) is 8.67. The van der Waals surface area contributed by atoms with Gasteiger partial charge >= 0.3 is 0 Å². The monoisotopic (exact) mass is 203 g/mol. The smallest absolute Gasteiger partial charge is 0.157 e. The van der Waals surface area contributed by atoms with Crippen molar-refractivity contribution in [1.29, 1.82) is 0 Å². The molecule has 0 saturated carbocycles. The summed E-state index contributed by atoms with van der Waals surface area (Å²) < 4.78 is 1.72. The van der Waals surface area contributed by atoms with Crippen LogP contribution < -0.4 is 11.1 Å². The van der Waals surface area contributed by atoms with Crippen molar-refractivity contribution in [2.45, 2.75) is 19.9 Å². The number of nitrogen functional groups attached to an aromatic ring is 1. The molecule has 3 N–H and O–H groups in total. The van der Waals surface area contributed by atoms with Crippen LogP contribution in [0.1, 0.15) is 17.0 Å². The normalized spacial score (nSPS) is 15.5. The van der Waals surface area contributed by atoms with Crippen LogP contribution in [0.25, 0.3) is 5.65 Å². The van der Waals surface area contributed by atoms with Crippen LogP contribution in [0.15, 0.2) is 6.07 Å². The summed E-state index contributed by atoms with van der Waals surface area (Å²) in [6, 6.07) is 1.96. The third-order valence-corrected chi connectivity index (χ3v) is 2.79. The Balaban J connectivity index is 2.35. The Morgan fingerprint density at radius 2 is 2.40 bits per heavy atom. The van der Waals surface area contributed by atoms with Gasteiger partial charge in [-0.1, -0.05) is 0 Å². The number of hydrogen-bond acceptors (Lipinski definition) is 4. The molecule has 78 valence electrons. The lowest BCUT2D eigenvalue weighted by Crippen LogP contribution is -2.26. The highest BCUT2D eigenvalue weighted by atomic mass is 15.3. The first-order valence-electron chi connectivity index (χ1n) is 5.10. The van der Waals surface area contributed by atoms with Crippen LogP contribution in [-0.4, -0.2) is 21.1 Å². The zero-order chi connectivity index (χ0) is 10.4. The van der Waals surface area contributed by atoms with Gasteiger partial charge in [0.2, 0.25) is 0 Å². The number of nitrogens with zero attached hydrogens (tertiary/aromatic N) is 3. The van der Waals surface area contributed by atoms with Gasteiger partial charge in [-0.25, -0.2) is 4.98 Å². The van der Waals surface area contributed by atoms with Gasteiger partial charge in [-0.2, -0.15) is 9.61 Å². The van der Waals surface area contributed by atoms with E-state index in [-0.39, 0.29) is 0 Å². The van der Waals surface area contributed by atoms with E-state index in [9.17, 15) is 0 Å².